The standard InChI is InChI=1S/C5H7NO3S/c1-2-3-10(8,9)6-4-5(6)7/h2H,1,3-4H2. The summed E-state index contributed by atoms with van der Waals surface area (Å²) in [5, 5.41) is 0. The molecule has 4 nitrogen and oxygen atoms in total. The molecule has 0 aromatic rings. The highest BCUT2D eigenvalue weighted by Gasteiger charge is 2.40. The van der Waals surface area contributed by atoms with Gasteiger partial charge in [-0.2, -0.15) is 0 Å². The first-order chi connectivity index (χ1) is 4.58. The molecule has 0 spiro atoms. The molecular formula is C5H7NO3S. The normalized spacial score (nSPS) is 17.2. The van der Waals surface area contributed by atoms with Crippen LogP contribution in [0.4, 0.5) is 0 Å². The van der Waals surface area contributed by atoms with E-state index < -0.39 is 10.0 Å². The molecule has 0 unspecified atom stereocenters. The number of carbonyl (C=O) groups excluding carboxylic acids is 1. The highest BCUT2D eigenvalue weighted by molar-refractivity contribution is 7.90. The molecule has 1 aliphatic heterocycles. The van der Waals surface area contributed by atoms with Gasteiger partial charge in [0.15, 0.2) is 0 Å². The van der Waals surface area contributed by atoms with Gasteiger partial charge in [-0.15, -0.1) is 6.58 Å². The first-order valence-electron chi connectivity index (χ1n) is 2.72. The summed E-state index contributed by atoms with van der Waals surface area (Å²) in [7, 11) is -3.32. The SMILES string of the molecule is C=CCS(=O)(=O)N1CC1=O. The fourth-order valence-corrected chi connectivity index (χ4v) is 1.68. The summed E-state index contributed by atoms with van der Waals surface area (Å²) in [6.45, 7) is 3.30. The van der Waals surface area contributed by atoms with Crippen LogP contribution in [0, 0.1) is 0 Å². The molecule has 0 atom stereocenters. The topological polar surface area (TPSA) is 54.2 Å². The van der Waals surface area contributed by atoms with Crippen molar-refractivity contribution in [1.82, 2.24) is 4.31 Å². The smallest absolute Gasteiger partial charge is 0.257 e. The Kier molecular flexibility index (Phi) is 1.52. The van der Waals surface area contributed by atoms with Gasteiger partial charge in [-0.05, 0) is 0 Å². The average molecular weight is 161 g/mol. The van der Waals surface area contributed by atoms with E-state index in [1.807, 2.05) is 0 Å². The van der Waals surface area contributed by atoms with Crippen LogP contribution in [0.5, 0.6) is 0 Å². The highest BCUT2D eigenvalue weighted by atomic mass is 32.2. The van der Waals surface area contributed by atoms with Crippen LogP contribution in [0.2, 0.25) is 0 Å². The summed E-state index contributed by atoms with van der Waals surface area (Å²) in [5.41, 5.74) is 0. The van der Waals surface area contributed by atoms with Gasteiger partial charge in [0.25, 0.3) is 5.91 Å². The predicted octanol–water partition coefficient (Wildman–Crippen LogP) is -0.656. The van der Waals surface area contributed by atoms with E-state index in [0.29, 0.717) is 0 Å². The van der Waals surface area contributed by atoms with E-state index in [1.54, 1.807) is 0 Å². The minimum absolute atomic E-state index is 0.0379. The lowest BCUT2D eigenvalue weighted by molar-refractivity contribution is -0.112. The second-order valence-corrected chi connectivity index (χ2v) is 3.91. The van der Waals surface area contributed by atoms with Crippen molar-refractivity contribution >= 4 is 15.9 Å². The Morgan fingerprint density at radius 1 is 1.70 bits per heavy atom. The minimum atomic E-state index is -3.32. The van der Waals surface area contributed by atoms with Crippen molar-refractivity contribution in [3.63, 3.8) is 0 Å². The van der Waals surface area contributed by atoms with Crippen LogP contribution in [0.25, 0.3) is 0 Å². The third kappa shape index (κ3) is 1.18. The van der Waals surface area contributed by atoms with Crippen molar-refractivity contribution < 1.29 is 13.2 Å². The molecule has 1 fully saturated rings. The molecule has 0 radical (unpaired) electrons. The maximum Gasteiger partial charge on any atom is 0.257 e. The van der Waals surface area contributed by atoms with Gasteiger partial charge < -0.3 is 0 Å². The molecular weight excluding hydrogens is 154 g/mol. The zero-order valence-electron chi connectivity index (χ0n) is 5.28. The number of carbonyl (C=O) groups is 1. The maximum atomic E-state index is 10.8. The molecule has 5 heteroatoms. The zero-order chi connectivity index (χ0) is 7.78. The molecule has 1 rings (SSSR count). The Bertz CT molecular complexity index is 267. The van der Waals surface area contributed by atoms with Gasteiger partial charge in [-0.3, -0.25) is 4.79 Å². The van der Waals surface area contributed by atoms with Crippen molar-refractivity contribution in [1.29, 1.82) is 0 Å². The van der Waals surface area contributed by atoms with Gasteiger partial charge in [0, 0.05) is 0 Å². The van der Waals surface area contributed by atoms with Crippen molar-refractivity contribution in [2.24, 2.45) is 0 Å². The van der Waals surface area contributed by atoms with E-state index in [1.165, 1.54) is 6.08 Å². The molecule has 10 heavy (non-hydrogen) atoms. The Balaban J connectivity index is 2.70. The van der Waals surface area contributed by atoms with E-state index in [0.717, 1.165) is 4.31 Å². The molecule has 1 heterocycles. The van der Waals surface area contributed by atoms with Crippen LogP contribution in [0.1, 0.15) is 0 Å². The molecule has 1 aliphatic rings. The number of amides is 1. The minimum Gasteiger partial charge on any atom is -0.272 e. The van der Waals surface area contributed by atoms with E-state index in [4.69, 9.17) is 0 Å². The number of hydrogen-bond donors (Lipinski definition) is 0. The zero-order valence-corrected chi connectivity index (χ0v) is 6.10. The van der Waals surface area contributed by atoms with E-state index in [-0.39, 0.29) is 18.2 Å². The number of rotatable bonds is 3. The second kappa shape index (κ2) is 2.09. The largest absolute Gasteiger partial charge is 0.272 e. The van der Waals surface area contributed by atoms with Crippen LogP contribution in [0.3, 0.4) is 0 Å². The molecule has 0 aromatic heterocycles. The van der Waals surface area contributed by atoms with Crippen molar-refractivity contribution in [3.05, 3.63) is 12.7 Å². The quantitative estimate of drug-likeness (QED) is 0.408. The Morgan fingerprint density at radius 2 is 2.20 bits per heavy atom. The van der Waals surface area contributed by atoms with Crippen LogP contribution in [-0.4, -0.2) is 30.9 Å². The van der Waals surface area contributed by atoms with E-state index in [2.05, 4.69) is 6.58 Å². The van der Waals surface area contributed by atoms with Crippen LogP contribution < -0.4 is 0 Å². The first kappa shape index (κ1) is 7.27. The van der Waals surface area contributed by atoms with Crippen molar-refractivity contribution in [2.45, 2.75) is 0 Å². The summed E-state index contributed by atoms with van der Waals surface area (Å²) < 4.78 is 22.5. The van der Waals surface area contributed by atoms with Crippen molar-refractivity contribution in [3.8, 4) is 0 Å². The van der Waals surface area contributed by atoms with Gasteiger partial charge in [-0.25, -0.2) is 12.7 Å². The Hall–Kier alpha value is -0.840. The first-order valence-corrected chi connectivity index (χ1v) is 4.33. The Labute approximate surface area is 59.2 Å². The van der Waals surface area contributed by atoms with E-state index in [9.17, 15) is 13.2 Å². The van der Waals surface area contributed by atoms with Gasteiger partial charge in [0.2, 0.25) is 10.0 Å². The van der Waals surface area contributed by atoms with Crippen molar-refractivity contribution in [2.75, 3.05) is 12.3 Å². The average Bonchev–Trinajstić information content (AvgIpc) is 2.46. The summed E-state index contributed by atoms with van der Waals surface area (Å²) in [6, 6.07) is 0. The fourth-order valence-electron chi connectivity index (χ4n) is 0.580. The molecule has 56 valence electrons. The summed E-state index contributed by atoms with van der Waals surface area (Å²) in [4.78, 5) is 10.3. The number of hydrogen-bond acceptors (Lipinski definition) is 3. The lowest BCUT2D eigenvalue weighted by Gasteiger charge is -1.96. The van der Waals surface area contributed by atoms with Crippen LogP contribution in [0.15, 0.2) is 12.7 Å². The third-order valence-electron chi connectivity index (χ3n) is 1.12. The number of nitrogens with zero attached hydrogens (tertiary/aromatic N) is 1. The van der Waals surface area contributed by atoms with Gasteiger partial charge in [-0.1, -0.05) is 6.08 Å². The highest BCUT2D eigenvalue weighted by Crippen LogP contribution is 2.14. The molecule has 0 saturated carbocycles. The van der Waals surface area contributed by atoms with Gasteiger partial charge in [0.1, 0.15) is 6.54 Å². The molecule has 0 aliphatic carbocycles. The molecule has 0 bridgehead atoms. The number of sulfonamides is 1. The van der Waals surface area contributed by atoms with Gasteiger partial charge in [0.05, 0.1) is 5.75 Å². The van der Waals surface area contributed by atoms with Crippen LogP contribution in [-0.2, 0) is 14.8 Å². The predicted molar refractivity (Wildman–Crippen MR) is 35.7 cm³/mol. The lowest BCUT2D eigenvalue weighted by atomic mass is 10.8. The molecule has 0 aromatic carbocycles. The lowest BCUT2D eigenvalue weighted by Crippen LogP contribution is -2.15. The summed E-state index contributed by atoms with van der Waals surface area (Å²) in [6.07, 6.45) is 1.26. The molecule has 0 N–H and O–H groups in total. The fraction of sp³-hybridized carbons (Fsp3) is 0.400. The monoisotopic (exact) mass is 161 g/mol. The third-order valence-corrected chi connectivity index (χ3v) is 2.78. The Morgan fingerprint density at radius 3 is 2.50 bits per heavy atom. The van der Waals surface area contributed by atoms with E-state index >= 15 is 0 Å². The summed E-state index contributed by atoms with van der Waals surface area (Å²) in [5.74, 6) is -0.486. The van der Waals surface area contributed by atoms with Gasteiger partial charge >= 0.3 is 0 Å². The molecule has 1 amide bonds. The van der Waals surface area contributed by atoms with Crippen LogP contribution >= 0.6 is 0 Å². The second-order valence-electron chi connectivity index (χ2n) is 1.97. The summed E-state index contributed by atoms with van der Waals surface area (Å²) >= 11 is 0. The maximum absolute atomic E-state index is 10.8. The molecule has 1 saturated heterocycles.